The lowest BCUT2D eigenvalue weighted by atomic mass is 9.89. The van der Waals surface area contributed by atoms with Gasteiger partial charge in [0.25, 0.3) is 0 Å². The molecule has 0 radical (unpaired) electrons. The molecule has 8 N–H and O–H groups in total. The SMILES string of the molecule is COc1cc(-c2c(N)cc(N)c(-c3ccc(N)c(OC)c3)c2C)ccc1N. The lowest BCUT2D eigenvalue weighted by Crippen LogP contribution is -2.02. The third kappa shape index (κ3) is 3.17. The van der Waals surface area contributed by atoms with Crippen LogP contribution in [0.25, 0.3) is 22.3 Å². The van der Waals surface area contributed by atoms with E-state index in [1.165, 1.54) is 0 Å². The first-order chi connectivity index (χ1) is 12.9. The van der Waals surface area contributed by atoms with Crippen molar-refractivity contribution in [3.05, 3.63) is 48.0 Å². The van der Waals surface area contributed by atoms with Crippen LogP contribution in [-0.2, 0) is 0 Å². The molecule has 0 atom stereocenters. The van der Waals surface area contributed by atoms with Crippen LogP contribution in [0, 0.1) is 6.92 Å². The van der Waals surface area contributed by atoms with Gasteiger partial charge < -0.3 is 32.4 Å². The van der Waals surface area contributed by atoms with Crippen LogP contribution in [-0.4, -0.2) is 14.2 Å². The van der Waals surface area contributed by atoms with Crippen molar-refractivity contribution in [1.82, 2.24) is 0 Å². The molecule has 6 nitrogen and oxygen atoms in total. The molecule has 0 spiro atoms. The zero-order valence-corrected chi connectivity index (χ0v) is 15.7. The normalized spacial score (nSPS) is 10.6. The minimum Gasteiger partial charge on any atom is -0.495 e. The van der Waals surface area contributed by atoms with Crippen LogP contribution in [0.15, 0.2) is 42.5 Å². The lowest BCUT2D eigenvalue weighted by molar-refractivity contribution is 0.417. The Bertz CT molecular complexity index is 938. The number of hydrogen-bond acceptors (Lipinski definition) is 6. The van der Waals surface area contributed by atoms with Crippen LogP contribution < -0.4 is 32.4 Å². The summed E-state index contributed by atoms with van der Waals surface area (Å²) in [5.74, 6) is 1.19. The van der Waals surface area contributed by atoms with Crippen molar-refractivity contribution in [3.8, 4) is 33.8 Å². The fraction of sp³-hybridized carbons (Fsp3) is 0.143. The summed E-state index contributed by atoms with van der Waals surface area (Å²) in [6.45, 7) is 1.99. The number of rotatable bonds is 4. The van der Waals surface area contributed by atoms with E-state index in [1.54, 1.807) is 32.4 Å². The van der Waals surface area contributed by atoms with Crippen LogP contribution in [0.4, 0.5) is 22.7 Å². The molecule has 3 aromatic rings. The molecule has 0 aliphatic rings. The molecule has 0 aliphatic carbocycles. The molecular weight excluding hydrogens is 340 g/mol. The van der Waals surface area contributed by atoms with E-state index >= 15 is 0 Å². The summed E-state index contributed by atoms with van der Waals surface area (Å²) >= 11 is 0. The Morgan fingerprint density at radius 3 is 1.37 bits per heavy atom. The van der Waals surface area contributed by atoms with Gasteiger partial charge in [-0.15, -0.1) is 0 Å². The molecule has 0 saturated heterocycles. The zero-order valence-electron chi connectivity index (χ0n) is 15.7. The van der Waals surface area contributed by atoms with Gasteiger partial charge in [-0.05, 0) is 53.9 Å². The van der Waals surface area contributed by atoms with E-state index in [4.69, 9.17) is 32.4 Å². The second-order valence-electron chi connectivity index (χ2n) is 6.34. The number of methoxy groups -OCH3 is 2. The molecule has 0 saturated carbocycles. The highest BCUT2D eigenvalue weighted by molar-refractivity contribution is 5.93. The fourth-order valence-corrected chi connectivity index (χ4v) is 3.37. The van der Waals surface area contributed by atoms with Crippen LogP contribution in [0.5, 0.6) is 11.5 Å². The van der Waals surface area contributed by atoms with E-state index in [0.717, 1.165) is 27.8 Å². The first kappa shape index (κ1) is 18.3. The Balaban J connectivity index is 2.26. The second-order valence-corrected chi connectivity index (χ2v) is 6.34. The topological polar surface area (TPSA) is 123 Å². The van der Waals surface area contributed by atoms with Gasteiger partial charge in [-0.25, -0.2) is 0 Å². The van der Waals surface area contributed by atoms with Crippen molar-refractivity contribution in [3.63, 3.8) is 0 Å². The number of anilines is 4. The minimum atomic E-state index is 0.566. The molecule has 6 heteroatoms. The standard InChI is InChI=1S/C21H24N4O2/c1-11-20(12-4-6-14(22)18(8-12)26-2)16(24)10-17(25)21(11)13-5-7-15(23)19(9-13)27-3/h4-10H,22-25H2,1-3H3. The van der Waals surface area contributed by atoms with E-state index < -0.39 is 0 Å². The summed E-state index contributed by atoms with van der Waals surface area (Å²) in [6, 6.07) is 12.9. The molecule has 140 valence electrons. The number of nitrogen functional groups attached to an aromatic ring is 4. The van der Waals surface area contributed by atoms with E-state index in [0.29, 0.717) is 34.2 Å². The van der Waals surface area contributed by atoms with Crippen LogP contribution in [0.2, 0.25) is 0 Å². The Morgan fingerprint density at radius 1 is 0.593 bits per heavy atom. The highest BCUT2D eigenvalue weighted by Crippen LogP contribution is 2.42. The number of benzene rings is 3. The molecule has 0 unspecified atom stereocenters. The molecule has 3 rings (SSSR count). The summed E-state index contributed by atoms with van der Waals surface area (Å²) in [4.78, 5) is 0. The highest BCUT2D eigenvalue weighted by Gasteiger charge is 2.17. The number of ether oxygens (including phenoxy) is 2. The van der Waals surface area contributed by atoms with Gasteiger partial charge in [0.15, 0.2) is 0 Å². The summed E-state index contributed by atoms with van der Waals surface area (Å²) in [6.07, 6.45) is 0. The molecule has 3 aromatic carbocycles. The van der Waals surface area contributed by atoms with Crippen molar-refractivity contribution < 1.29 is 9.47 Å². The van der Waals surface area contributed by atoms with Crippen molar-refractivity contribution in [2.24, 2.45) is 0 Å². The first-order valence-corrected chi connectivity index (χ1v) is 8.43. The molecule has 0 bridgehead atoms. The number of hydrogen-bond donors (Lipinski definition) is 4. The largest absolute Gasteiger partial charge is 0.495 e. The average Bonchev–Trinajstić information content (AvgIpc) is 2.63. The van der Waals surface area contributed by atoms with Gasteiger partial charge >= 0.3 is 0 Å². The third-order valence-electron chi connectivity index (χ3n) is 4.68. The monoisotopic (exact) mass is 364 g/mol. The summed E-state index contributed by atoms with van der Waals surface area (Å²) in [5, 5.41) is 0. The van der Waals surface area contributed by atoms with Gasteiger partial charge in [0.1, 0.15) is 11.5 Å². The van der Waals surface area contributed by atoms with Crippen molar-refractivity contribution in [2.45, 2.75) is 6.92 Å². The van der Waals surface area contributed by atoms with Gasteiger partial charge in [-0.2, -0.15) is 0 Å². The smallest absolute Gasteiger partial charge is 0.142 e. The maximum absolute atomic E-state index is 6.31. The van der Waals surface area contributed by atoms with Crippen LogP contribution >= 0.6 is 0 Å². The molecule has 0 aromatic heterocycles. The average molecular weight is 364 g/mol. The summed E-state index contributed by atoms with van der Waals surface area (Å²) in [7, 11) is 3.17. The molecule has 0 heterocycles. The minimum absolute atomic E-state index is 0.566. The Hall–Kier alpha value is -3.54. The zero-order chi connectivity index (χ0) is 19.7. The van der Waals surface area contributed by atoms with E-state index in [-0.39, 0.29) is 0 Å². The van der Waals surface area contributed by atoms with Gasteiger partial charge in [0.05, 0.1) is 25.6 Å². The van der Waals surface area contributed by atoms with E-state index in [2.05, 4.69) is 0 Å². The Morgan fingerprint density at radius 2 is 1.00 bits per heavy atom. The summed E-state index contributed by atoms with van der Waals surface area (Å²) in [5.41, 5.74) is 31.3. The van der Waals surface area contributed by atoms with Crippen molar-refractivity contribution in [2.75, 3.05) is 37.2 Å². The summed E-state index contributed by atoms with van der Waals surface area (Å²) < 4.78 is 10.7. The Labute approximate surface area is 158 Å². The first-order valence-electron chi connectivity index (χ1n) is 8.43. The second kappa shape index (κ2) is 6.99. The fourth-order valence-electron chi connectivity index (χ4n) is 3.37. The van der Waals surface area contributed by atoms with Gasteiger partial charge in [-0.3, -0.25) is 0 Å². The van der Waals surface area contributed by atoms with E-state index in [1.807, 2.05) is 31.2 Å². The quantitative estimate of drug-likeness (QED) is 0.524. The molecule has 0 aliphatic heterocycles. The predicted molar refractivity (Wildman–Crippen MR) is 113 cm³/mol. The maximum Gasteiger partial charge on any atom is 0.142 e. The predicted octanol–water partition coefficient (Wildman–Crippen LogP) is 3.68. The highest BCUT2D eigenvalue weighted by atomic mass is 16.5. The van der Waals surface area contributed by atoms with Crippen molar-refractivity contribution >= 4 is 22.7 Å². The number of nitrogens with two attached hydrogens (primary N) is 4. The maximum atomic E-state index is 6.31. The van der Waals surface area contributed by atoms with Gasteiger partial charge in [0, 0.05) is 22.5 Å². The lowest BCUT2D eigenvalue weighted by Gasteiger charge is -2.19. The van der Waals surface area contributed by atoms with Crippen molar-refractivity contribution in [1.29, 1.82) is 0 Å². The Kier molecular flexibility index (Phi) is 4.73. The van der Waals surface area contributed by atoms with Gasteiger partial charge in [0.2, 0.25) is 0 Å². The van der Waals surface area contributed by atoms with Crippen LogP contribution in [0.1, 0.15) is 5.56 Å². The molecular formula is C21H24N4O2. The molecule has 27 heavy (non-hydrogen) atoms. The van der Waals surface area contributed by atoms with E-state index in [9.17, 15) is 0 Å². The van der Waals surface area contributed by atoms with Gasteiger partial charge in [-0.1, -0.05) is 12.1 Å². The molecule has 0 fully saturated rings. The van der Waals surface area contributed by atoms with Crippen LogP contribution in [0.3, 0.4) is 0 Å². The molecule has 0 amide bonds. The third-order valence-corrected chi connectivity index (χ3v) is 4.68.